The highest BCUT2D eigenvalue weighted by Crippen LogP contribution is 2.41. The van der Waals surface area contributed by atoms with Gasteiger partial charge in [-0.15, -0.1) is 0 Å². The van der Waals surface area contributed by atoms with Crippen molar-refractivity contribution in [3.63, 3.8) is 0 Å². The van der Waals surface area contributed by atoms with Gasteiger partial charge < -0.3 is 9.13 Å². The van der Waals surface area contributed by atoms with Gasteiger partial charge in [-0.25, -0.2) is 9.97 Å². The second-order valence-electron chi connectivity index (χ2n) is 17.8. The van der Waals surface area contributed by atoms with Crippen molar-refractivity contribution < 1.29 is 4.70 Å². The Morgan fingerprint density at radius 3 is 1.29 bits per heavy atom. The first kappa shape index (κ1) is 40.8. The number of benzene rings is 10. The highest BCUT2D eigenvalue weighted by Gasteiger charge is 2.19. The Morgan fingerprint density at radius 2 is 0.686 bits per heavy atom. The van der Waals surface area contributed by atoms with Crippen molar-refractivity contribution >= 4 is 65.5 Å². The molecule has 0 saturated carbocycles. The average molecular weight is 900 g/mol. The molecule has 0 amide bonds. The lowest BCUT2D eigenvalue weighted by atomic mass is 9.94. The predicted molar refractivity (Wildman–Crippen MR) is 289 cm³/mol. The topological polar surface area (TPSA) is 40.6 Å². The molecule has 10 aromatic carbocycles. The third-order valence-electron chi connectivity index (χ3n) is 13.8. The molecule has 70 heavy (non-hydrogen) atoms. The molecule has 0 N–H and O–H groups in total. The maximum Gasteiger partial charge on any atom is 0.145 e. The fraction of sp³-hybridized carbons (Fsp3) is 0. The van der Waals surface area contributed by atoms with E-state index >= 15 is 0 Å². The number of pyridine rings is 1. The highest BCUT2D eigenvalue weighted by molar-refractivity contribution is 6.12. The summed E-state index contributed by atoms with van der Waals surface area (Å²) < 4.78 is 6.99. The number of nitrogens with zero attached hydrogens (tertiary/aromatic N) is 5. The van der Waals surface area contributed by atoms with Crippen LogP contribution in [0.4, 0.5) is 4.70 Å². The molecule has 0 aliphatic heterocycles. The first-order valence-electron chi connectivity index (χ1n) is 23.5. The number of hydrogen-bond acceptors (Lipinski definition) is 2. The zero-order chi connectivity index (χ0) is 45.4. The van der Waals surface area contributed by atoms with Gasteiger partial charge in [-0.05, 0) is 125 Å². The van der Waals surface area contributed by atoms with E-state index in [0.717, 1.165) is 89.4 Å². The van der Waals surface area contributed by atoms with E-state index in [4.69, 9.17) is 9.97 Å². The summed E-state index contributed by atoms with van der Waals surface area (Å²) in [6.07, 6.45) is 0. The fourth-order valence-electron chi connectivity index (χ4n) is 10.6. The van der Waals surface area contributed by atoms with Gasteiger partial charge in [-0.3, -0.25) is 9.27 Å². The second kappa shape index (κ2) is 16.4. The molecule has 0 spiro atoms. The van der Waals surface area contributed by atoms with Gasteiger partial charge in [-0.1, -0.05) is 146 Å². The number of para-hydroxylation sites is 7. The zero-order valence-corrected chi connectivity index (χ0v) is 37.8. The maximum atomic E-state index is 5.46. The Kier molecular flexibility index (Phi) is 9.59. The summed E-state index contributed by atoms with van der Waals surface area (Å²) in [5.41, 5.74) is 18.6. The van der Waals surface area contributed by atoms with Crippen LogP contribution in [0.15, 0.2) is 249 Å². The predicted octanol–water partition coefficient (Wildman–Crippen LogP) is 16.6. The molecule has 4 aromatic heterocycles. The molecule has 0 fully saturated rings. The Balaban J connectivity index is 0.00000480. The summed E-state index contributed by atoms with van der Waals surface area (Å²) in [5, 5.41) is 5.96. The lowest BCUT2D eigenvalue weighted by molar-refractivity contribution is 1.10. The van der Waals surface area contributed by atoms with Gasteiger partial charge >= 0.3 is 0 Å². The van der Waals surface area contributed by atoms with Gasteiger partial charge in [0.05, 0.1) is 44.3 Å². The highest BCUT2D eigenvalue weighted by atomic mass is 19.0. The molecule has 0 bridgehead atoms. The monoisotopic (exact) mass is 899 g/mol. The van der Waals surface area contributed by atoms with Crippen molar-refractivity contribution in [3.05, 3.63) is 249 Å². The van der Waals surface area contributed by atoms with Crippen LogP contribution in [0.2, 0.25) is 0 Å². The van der Waals surface area contributed by atoms with Gasteiger partial charge in [0, 0.05) is 55.1 Å². The van der Waals surface area contributed by atoms with E-state index in [0.29, 0.717) is 0 Å². The van der Waals surface area contributed by atoms with Crippen LogP contribution in [0.3, 0.4) is 0 Å². The zero-order valence-electron chi connectivity index (χ0n) is 37.8. The molecule has 0 saturated heterocycles. The van der Waals surface area contributed by atoms with Crippen molar-refractivity contribution in [2.75, 3.05) is 0 Å². The van der Waals surface area contributed by atoms with Gasteiger partial charge in [0.25, 0.3) is 0 Å². The van der Waals surface area contributed by atoms with Crippen LogP contribution in [0.25, 0.3) is 128 Å². The number of hydrogen-bond donors (Lipinski definition) is 0. The van der Waals surface area contributed by atoms with Crippen LogP contribution >= 0.6 is 0 Å². The van der Waals surface area contributed by atoms with E-state index < -0.39 is 0 Å². The number of rotatable bonds is 7. The molecule has 0 unspecified atom stereocenters. The Hall–Kier alpha value is -9.39. The molecule has 6 heteroatoms. The maximum absolute atomic E-state index is 5.46. The molecule has 0 atom stereocenters. The van der Waals surface area contributed by atoms with E-state index in [2.05, 4.69) is 262 Å². The van der Waals surface area contributed by atoms with Gasteiger partial charge in [0.2, 0.25) is 0 Å². The molecule has 4 heterocycles. The first-order valence-corrected chi connectivity index (χ1v) is 23.5. The van der Waals surface area contributed by atoms with E-state index in [1.807, 2.05) is 0 Å². The fourth-order valence-corrected chi connectivity index (χ4v) is 10.6. The molecule has 5 nitrogen and oxygen atoms in total. The Bertz CT molecular complexity index is 4280. The number of imidazole rings is 1. The van der Waals surface area contributed by atoms with Crippen molar-refractivity contribution in [3.8, 4) is 62.0 Å². The van der Waals surface area contributed by atoms with Crippen molar-refractivity contribution in [1.29, 1.82) is 0 Å². The van der Waals surface area contributed by atoms with Gasteiger partial charge in [0.15, 0.2) is 0 Å². The molecular formula is C64H42FN5. The van der Waals surface area contributed by atoms with E-state index in [1.54, 1.807) is 0 Å². The standard InChI is InChI=1S/C64H41N5.FH/c1-4-16-47(17-5-1)67-59-25-13-10-22-50(59)54-39-45(33-36-61(54)67)44-32-35-56-53(38-44)52(42-28-30-43(31-29-42)64-66-57-24-12-15-27-63(57)69(64)49-20-8-3-9-21-49)41-58(65-56)46-34-37-62-55(40-46)51-23-11-14-26-60(51)68(62)48-18-6-2-7-19-48;/h1-41H;1H. The van der Waals surface area contributed by atoms with Crippen molar-refractivity contribution in [2.45, 2.75) is 0 Å². The van der Waals surface area contributed by atoms with Gasteiger partial charge in [-0.2, -0.15) is 0 Å². The Morgan fingerprint density at radius 1 is 0.257 bits per heavy atom. The van der Waals surface area contributed by atoms with Crippen LogP contribution in [0, 0.1) is 0 Å². The largest absolute Gasteiger partial charge is 0.309 e. The summed E-state index contributed by atoms with van der Waals surface area (Å²) in [5.74, 6) is 0.906. The third kappa shape index (κ3) is 6.53. The van der Waals surface area contributed by atoms with Crippen molar-refractivity contribution in [2.24, 2.45) is 0 Å². The lowest BCUT2D eigenvalue weighted by Gasteiger charge is -2.14. The molecule has 330 valence electrons. The summed E-state index contributed by atoms with van der Waals surface area (Å²) in [7, 11) is 0. The first-order chi connectivity index (χ1) is 34.2. The van der Waals surface area contributed by atoms with E-state index in [1.165, 1.54) is 38.1 Å². The SMILES string of the molecule is F.c1ccc(-n2c(-c3ccc(-c4cc(-c5ccc6c(c5)c5ccccc5n6-c5ccccc5)nc5ccc(-c6ccc7c(c6)c6ccccc6n7-c6ccccc6)cc45)cc3)nc3ccccc32)cc1. The van der Waals surface area contributed by atoms with Crippen molar-refractivity contribution in [1.82, 2.24) is 23.7 Å². The summed E-state index contributed by atoms with van der Waals surface area (Å²) in [4.78, 5) is 10.6. The number of halogens is 1. The third-order valence-corrected chi connectivity index (χ3v) is 13.8. The second-order valence-corrected chi connectivity index (χ2v) is 17.8. The molecule has 0 radical (unpaired) electrons. The number of aromatic nitrogens is 5. The smallest absolute Gasteiger partial charge is 0.145 e. The molecule has 14 aromatic rings. The van der Waals surface area contributed by atoms with Crippen LogP contribution in [0.1, 0.15) is 0 Å². The quantitative estimate of drug-likeness (QED) is 0.160. The summed E-state index contributed by atoms with van der Waals surface area (Å²) in [6, 6.07) is 89.2. The van der Waals surface area contributed by atoms with Crippen LogP contribution in [0.5, 0.6) is 0 Å². The summed E-state index contributed by atoms with van der Waals surface area (Å²) >= 11 is 0. The minimum atomic E-state index is 0. The lowest BCUT2D eigenvalue weighted by Crippen LogP contribution is -1.97. The molecule has 0 aliphatic carbocycles. The van der Waals surface area contributed by atoms with Gasteiger partial charge in [0.1, 0.15) is 5.82 Å². The molecule has 0 aliphatic rings. The summed E-state index contributed by atoms with van der Waals surface area (Å²) in [6.45, 7) is 0. The minimum Gasteiger partial charge on any atom is -0.309 e. The molecular weight excluding hydrogens is 858 g/mol. The average Bonchev–Trinajstić information content (AvgIpc) is 4.09. The van der Waals surface area contributed by atoms with Crippen LogP contribution in [-0.4, -0.2) is 23.7 Å². The molecule has 14 rings (SSSR count). The minimum absolute atomic E-state index is 0. The van der Waals surface area contributed by atoms with E-state index in [-0.39, 0.29) is 4.70 Å². The Labute approximate surface area is 402 Å². The van der Waals surface area contributed by atoms with Crippen LogP contribution < -0.4 is 0 Å². The normalized spacial score (nSPS) is 11.6. The van der Waals surface area contributed by atoms with E-state index in [9.17, 15) is 0 Å². The number of fused-ring (bicyclic) bond motifs is 8. The van der Waals surface area contributed by atoms with Crippen LogP contribution in [-0.2, 0) is 0 Å².